The van der Waals surface area contributed by atoms with Crippen LogP contribution in [0.15, 0.2) is 65.6 Å². The second kappa shape index (κ2) is 9.41. The fourth-order valence-corrected chi connectivity index (χ4v) is 5.28. The van der Waals surface area contributed by atoms with Gasteiger partial charge in [0.1, 0.15) is 0 Å². The van der Waals surface area contributed by atoms with E-state index in [9.17, 15) is 18.3 Å². The fraction of sp³-hybridized carbons (Fsp3) is 0.269. The van der Waals surface area contributed by atoms with Crippen molar-refractivity contribution in [2.75, 3.05) is 10.0 Å². The Hall–Kier alpha value is -2.87. The molecule has 0 aromatic heterocycles. The normalized spacial score (nSPS) is 17.7. The molecule has 34 heavy (non-hydrogen) atoms. The number of carbonyl (C=O) groups is 1. The van der Waals surface area contributed by atoms with Crippen LogP contribution < -0.4 is 10.0 Å². The molecule has 8 heteroatoms. The third-order valence-electron chi connectivity index (χ3n) is 6.03. The number of rotatable bonds is 6. The van der Waals surface area contributed by atoms with Gasteiger partial charge < -0.3 is 10.4 Å². The lowest BCUT2D eigenvalue weighted by Crippen LogP contribution is -2.22. The molecule has 0 spiro atoms. The largest absolute Gasteiger partial charge is 0.388 e. The zero-order valence-corrected chi connectivity index (χ0v) is 20.7. The minimum atomic E-state index is -3.87. The summed E-state index contributed by atoms with van der Waals surface area (Å²) in [6, 6.07) is 16.8. The van der Waals surface area contributed by atoms with Crippen molar-refractivity contribution in [2.24, 2.45) is 5.92 Å². The zero-order chi connectivity index (χ0) is 24.6. The highest BCUT2D eigenvalue weighted by molar-refractivity contribution is 7.92. The summed E-state index contributed by atoms with van der Waals surface area (Å²) in [5.41, 5.74) is 4.01. The van der Waals surface area contributed by atoms with Crippen LogP contribution in [0.4, 0.5) is 11.4 Å². The molecule has 3 N–H and O–H groups in total. The number of benzene rings is 3. The van der Waals surface area contributed by atoms with Crippen LogP contribution in [-0.2, 0) is 10.0 Å². The molecule has 0 saturated carbocycles. The lowest BCUT2D eigenvalue weighted by molar-refractivity contribution is 0.0939. The number of ketones is 1. The van der Waals surface area contributed by atoms with Crippen LogP contribution >= 0.6 is 11.6 Å². The highest BCUT2D eigenvalue weighted by Gasteiger charge is 2.28. The van der Waals surface area contributed by atoms with Crippen LogP contribution in [0.25, 0.3) is 0 Å². The SMILES string of the molecule is Cc1ccc(NS(=O)(=O)c2ccc3c(c2)[C@@H](O)C[C@H](c2ccc(C(=O)C(C)C)cc2)N3)cc1Cl. The van der Waals surface area contributed by atoms with Crippen molar-refractivity contribution in [1.29, 1.82) is 0 Å². The average Bonchev–Trinajstić information content (AvgIpc) is 2.80. The Balaban J connectivity index is 1.55. The lowest BCUT2D eigenvalue weighted by atomic mass is 9.90. The van der Waals surface area contributed by atoms with E-state index in [1.807, 2.05) is 32.9 Å². The molecule has 0 amide bonds. The van der Waals surface area contributed by atoms with Crippen LogP contribution in [0, 0.1) is 12.8 Å². The maximum atomic E-state index is 12.9. The number of carbonyl (C=O) groups excluding carboxylic acids is 1. The van der Waals surface area contributed by atoms with Crippen molar-refractivity contribution < 1.29 is 18.3 Å². The summed E-state index contributed by atoms with van der Waals surface area (Å²) in [6.07, 6.45) is -0.475. The van der Waals surface area contributed by atoms with Gasteiger partial charge in [0, 0.05) is 34.2 Å². The molecule has 6 nitrogen and oxygen atoms in total. The second-order valence-corrected chi connectivity index (χ2v) is 11.0. The standard InChI is InChI=1S/C26H27ClN2O4S/c1-15(2)26(31)18-7-5-17(6-8-18)24-14-25(30)21-13-20(10-11-23(21)28-24)34(32,33)29-19-9-4-16(3)22(27)12-19/h4-13,15,24-25,28-30H,14H2,1-3H3/t24-,25+/m1/s1. The Bertz CT molecular complexity index is 1340. The van der Waals surface area contributed by atoms with E-state index < -0.39 is 16.1 Å². The number of anilines is 2. The maximum absolute atomic E-state index is 12.9. The third kappa shape index (κ3) is 4.97. The first kappa shape index (κ1) is 24.3. The van der Waals surface area contributed by atoms with Crippen LogP contribution in [0.5, 0.6) is 0 Å². The Morgan fingerprint density at radius 3 is 2.44 bits per heavy atom. The number of aliphatic hydroxyl groups excluding tert-OH is 1. The molecule has 0 radical (unpaired) electrons. The molecule has 0 aliphatic carbocycles. The monoisotopic (exact) mass is 498 g/mol. The van der Waals surface area contributed by atoms with Crippen LogP contribution in [0.2, 0.25) is 5.02 Å². The number of aryl methyl sites for hydroxylation is 1. The smallest absolute Gasteiger partial charge is 0.261 e. The van der Waals surface area contributed by atoms with E-state index in [0.717, 1.165) is 11.1 Å². The second-order valence-electron chi connectivity index (χ2n) is 8.91. The number of sulfonamides is 1. The number of aliphatic hydroxyl groups is 1. The van der Waals surface area contributed by atoms with Gasteiger partial charge in [-0.2, -0.15) is 0 Å². The molecule has 0 bridgehead atoms. The van der Waals surface area contributed by atoms with Gasteiger partial charge in [-0.1, -0.05) is 55.8 Å². The molecule has 0 fully saturated rings. The van der Waals surface area contributed by atoms with E-state index in [4.69, 9.17) is 11.6 Å². The van der Waals surface area contributed by atoms with Gasteiger partial charge in [0.15, 0.2) is 5.78 Å². The van der Waals surface area contributed by atoms with Crippen molar-refractivity contribution in [3.05, 3.63) is 87.9 Å². The van der Waals surface area contributed by atoms with Crippen molar-refractivity contribution in [3.8, 4) is 0 Å². The van der Waals surface area contributed by atoms with E-state index >= 15 is 0 Å². The minimum Gasteiger partial charge on any atom is -0.388 e. The Morgan fingerprint density at radius 1 is 1.09 bits per heavy atom. The van der Waals surface area contributed by atoms with Crippen LogP contribution in [0.3, 0.4) is 0 Å². The van der Waals surface area contributed by atoms with E-state index in [-0.39, 0.29) is 22.6 Å². The van der Waals surface area contributed by atoms with Gasteiger partial charge in [-0.25, -0.2) is 8.42 Å². The predicted molar refractivity (Wildman–Crippen MR) is 135 cm³/mol. The van der Waals surface area contributed by atoms with Crippen molar-refractivity contribution in [2.45, 2.75) is 44.2 Å². The molecule has 0 unspecified atom stereocenters. The maximum Gasteiger partial charge on any atom is 0.261 e. The van der Waals surface area contributed by atoms with Gasteiger partial charge in [0.05, 0.1) is 22.7 Å². The highest BCUT2D eigenvalue weighted by atomic mass is 35.5. The fourth-order valence-electron chi connectivity index (χ4n) is 4.01. The van der Waals surface area contributed by atoms with E-state index in [0.29, 0.717) is 33.9 Å². The summed E-state index contributed by atoms with van der Waals surface area (Å²) in [6.45, 7) is 5.57. The molecule has 1 heterocycles. The highest BCUT2D eigenvalue weighted by Crippen LogP contribution is 2.40. The molecule has 3 aromatic rings. The molecule has 4 rings (SSSR count). The predicted octanol–water partition coefficient (Wildman–Crippen LogP) is 5.88. The quantitative estimate of drug-likeness (QED) is 0.369. The molecular formula is C26H27ClN2O4S. The Morgan fingerprint density at radius 2 is 1.79 bits per heavy atom. The first-order chi connectivity index (χ1) is 16.0. The average molecular weight is 499 g/mol. The van der Waals surface area contributed by atoms with Crippen molar-refractivity contribution in [3.63, 3.8) is 0 Å². The topological polar surface area (TPSA) is 95.5 Å². The van der Waals surface area contributed by atoms with Crippen molar-refractivity contribution in [1.82, 2.24) is 0 Å². The van der Waals surface area contributed by atoms with E-state index in [1.165, 1.54) is 12.1 Å². The van der Waals surface area contributed by atoms with Gasteiger partial charge in [0.25, 0.3) is 10.0 Å². The molecule has 3 aromatic carbocycles. The van der Waals surface area contributed by atoms with Crippen LogP contribution in [-0.4, -0.2) is 19.3 Å². The summed E-state index contributed by atoms with van der Waals surface area (Å²) in [4.78, 5) is 12.2. The summed E-state index contributed by atoms with van der Waals surface area (Å²) >= 11 is 6.11. The van der Waals surface area contributed by atoms with Gasteiger partial charge >= 0.3 is 0 Å². The number of Topliss-reactive ketones (excluding diaryl/α,β-unsaturated/α-hetero) is 1. The van der Waals surface area contributed by atoms with Gasteiger partial charge in [-0.05, 0) is 48.4 Å². The Kier molecular flexibility index (Phi) is 6.71. The zero-order valence-electron chi connectivity index (χ0n) is 19.2. The number of hydrogen-bond acceptors (Lipinski definition) is 5. The third-order valence-corrected chi connectivity index (χ3v) is 7.81. The van der Waals surface area contributed by atoms with Gasteiger partial charge in [0.2, 0.25) is 0 Å². The molecular weight excluding hydrogens is 472 g/mol. The van der Waals surface area contributed by atoms with E-state index in [1.54, 1.807) is 36.4 Å². The summed E-state index contributed by atoms with van der Waals surface area (Å²) < 4.78 is 28.4. The minimum absolute atomic E-state index is 0.0544. The number of nitrogens with one attached hydrogen (secondary N) is 2. The molecule has 178 valence electrons. The van der Waals surface area contributed by atoms with Gasteiger partial charge in [-0.15, -0.1) is 0 Å². The van der Waals surface area contributed by atoms with Gasteiger partial charge in [-0.3, -0.25) is 9.52 Å². The molecule has 2 atom stereocenters. The molecule has 1 aliphatic rings. The number of fused-ring (bicyclic) bond motifs is 1. The number of hydrogen-bond donors (Lipinski definition) is 3. The summed E-state index contributed by atoms with van der Waals surface area (Å²) in [5.74, 6) is 0.0131. The molecule has 0 saturated heterocycles. The number of halogens is 1. The van der Waals surface area contributed by atoms with Crippen LogP contribution in [0.1, 0.15) is 59.5 Å². The summed E-state index contributed by atoms with van der Waals surface area (Å²) in [7, 11) is -3.87. The molecule has 1 aliphatic heterocycles. The lowest BCUT2D eigenvalue weighted by Gasteiger charge is -2.31. The van der Waals surface area contributed by atoms with Crippen molar-refractivity contribution >= 4 is 38.8 Å². The first-order valence-electron chi connectivity index (χ1n) is 11.1. The summed E-state index contributed by atoms with van der Waals surface area (Å²) in [5, 5.41) is 14.7. The van der Waals surface area contributed by atoms with E-state index in [2.05, 4.69) is 10.0 Å². The first-order valence-corrected chi connectivity index (χ1v) is 12.9. The Labute approximate surface area is 205 Å².